The van der Waals surface area contributed by atoms with E-state index in [-0.39, 0.29) is 12.0 Å². The SMILES string of the molecule is O=C1c2c(I)cc(I)cc2OC2C3SC(C12)C1C2CCC(S2)C31. The zero-order chi connectivity index (χ0) is 15.5. The number of ether oxygens (including phenoxy) is 1. The summed E-state index contributed by atoms with van der Waals surface area (Å²) in [7, 11) is 0. The van der Waals surface area contributed by atoms with Crippen LogP contribution in [0.3, 0.4) is 0 Å². The predicted octanol–water partition coefficient (Wildman–Crippen LogP) is 4.46. The fourth-order valence-electron chi connectivity index (χ4n) is 5.62. The van der Waals surface area contributed by atoms with Crippen LogP contribution in [0, 0.1) is 24.9 Å². The van der Waals surface area contributed by atoms with E-state index in [1.54, 1.807) is 0 Å². The number of fused-ring (bicyclic) bond motifs is 13. The van der Waals surface area contributed by atoms with E-state index in [0.717, 1.165) is 40.8 Å². The van der Waals surface area contributed by atoms with Crippen LogP contribution in [0.1, 0.15) is 23.2 Å². The first-order chi connectivity index (χ1) is 11.1. The summed E-state index contributed by atoms with van der Waals surface area (Å²) in [6, 6.07) is 4.15. The van der Waals surface area contributed by atoms with Gasteiger partial charge in [-0.3, -0.25) is 4.79 Å². The minimum Gasteiger partial charge on any atom is -0.488 e. The summed E-state index contributed by atoms with van der Waals surface area (Å²) in [6.07, 6.45) is 2.89. The molecule has 120 valence electrons. The lowest BCUT2D eigenvalue weighted by Crippen LogP contribution is -2.54. The average molecular weight is 568 g/mol. The fraction of sp³-hybridized carbons (Fsp3) is 0.588. The maximum atomic E-state index is 13.3. The smallest absolute Gasteiger partial charge is 0.175 e. The lowest BCUT2D eigenvalue weighted by Gasteiger charge is -2.42. The van der Waals surface area contributed by atoms with E-state index >= 15 is 0 Å². The van der Waals surface area contributed by atoms with E-state index in [2.05, 4.69) is 80.8 Å². The molecule has 4 fully saturated rings. The Hall–Kier alpha value is 0.850. The lowest BCUT2D eigenvalue weighted by atomic mass is 9.64. The van der Waals surface area contributed by atoms with Crippen molar-refractivity contribution in [1.82, 2.24) is 0 Å². The van der Waals surface area contributed by atoms with E-state index in [1.807, 2.05) is 0 Å². The molecule has 4 bridgehead atoms. The summed E-state index contributed by atoms with van der Waals surface area (Å²) >= 11 is 8.94. The van der Waals surface area contributed by atoms with Crippen LogP contribution in [0.25, 0.3) is 0 Å². The zero-order valence-electron chi connectivity index (χ0n) is 12.1. The van der Waals surface area contributed by atoms with Gasteiger partial charge in [0.05, 0.1) is 11.5 Å². The van der Waals surface area contributed by atoms with Crippen molar-refractivity contribution in [3.63, 3.8) is 0 Å². The van der Waals surface area contributed by atoms with Gasteiger partial charge in [0.2, 0.25) is 0 Å². The van der Waals surface area contributed by atoms with E-state index in [1.165, 1.54) is 12.8 Å². The molecule has 1 aromatic rings. The van der Waals surface area contributed by atoms with Crippen LogP contribution < -0.4 is 4.74 Å². The number of rotatable bonds is 0. The van der Waals surface area contributed by atoms with E-state index in [9.17, 15) is 4.79 Å². The lowest BCUT2D eigenvalue weighted by molar-refractivity contribution is 0.0386. The number of hydrogen-bond donors (Lipinski definition) is 0. The third-order valence-corrected chi connectivity index (χ3v) is 11.4. The maximum Gasteiger partial charge on any atom is 0.175 e. The molecule has 0 aliphatic carbocycles. The first kappa shape index (κ1) is 15.0. The molecule has 4 saturated heterocycles. The van der Waals surface area contributed by atoms with E-state index in [4.69, 9.17) is 4.74 Å². The van der Waals surface area contributed by atoms with Crippen molar-refractivity contribution < 1.29 is 9.53 Å². The number of halogens is 2. The van der Waals surface area contributed by atoms with Gasteiger partial charge in [-0.1, -0.05) is 0 Å². The first-order valence-electron chi connectivity index (χ1n) is 8.14. The molecular formula is C17H14I2O2S2. The molecule has 0 N–H and O–H groups in total. The second kappa shape index (κ2) is 4.97. The van der Waals surface area contributed by atoms with Crippen LogP contribution in [-0.2, 0) is 0 Å². The van der Waals surface area contributed by atoms with Crippen molar-refractivity contribution in [3.8, 4) is 5.75 Å². The van der Waals surface area contributed by atoms with Gasteiger partial charge in [-0.05, 0) is 82.0 Å². The van der Waals surface area contributed by atoms with Crippen LogP contribution in [0.4, 0.5) is 0 Å². The predicted molar refractivity (Wildman–Crippen MR) is 111 cm³/mol. The highest BCUT2D eigenvalue weighted by Gasteiger charge is 2.70. The van der Waals surface area contributed by atoms with Gasteiger partial charge < -0.3 is 4.74 Å². The van der Waals surface area contributed by atoms with Crippen LogP contribution in [0.15, 0.2) is 12.1 Å². The Labute approximate surface area is 170 Å². The fourth-order valence-corrected chi connectivity index (χ4v) is 12.2. The summed E-state index contributed by atoms with van der Waals surface area (Å²) in [6.45, 7) is 0. The van der Waals surface area contributed by atoms with Crippen LogP contribution in [0.5, 0.6) is 5.75 Å². The van der Waals surface area contributed by atoms with Gasteiger partial charge in [-0.2, -0.15) is 11.8 Å². The Morgan fingerprint density at radius 1 is 1.04 bits per heavy atom. The third-order valence-electron chi connectivity index (χ3n) is 6.32. The van der Waals surface area contributed by atoms with Crippen LogP contribution in [0.2, 0.25) is 0 Å². The number of benzene rings is 1. The highest BCUT2D eigenvalue weighted by Crippen LogP contribution is 2.69. The van der Waals surface area contributed by atoms with Crippen molar-refractivity contribution in [1.29, 1.82) is 0 Å². The monoisotopic (exact) mass is 568 g/mol. The highest BCUT2D eigenvalue weighted by molar-refractivity contribution is 14.1. The highest BCUT2D eigenvalue weighted by atomic mass is 127. The number of hydrogen-bond acceptors (Lipinski definition) is 4. The molecule has 23 heavy (non-hydrogen) atoms. The van der Waals surface area contributed by atoms with Gasteiger partial charge in [0, 0.05) is 28.1 Å². The molecule has 0 saturated carbocycles. The molecule has 5 heterocycles. The van der Waals surface area contributed by atoms with Gasteiger partial charge in [0.15, 0.2) is 5.78 Å². The summed E-state index contributed by atoms with van der Waals surface area (Å²) in [5, 5.41) is 2.71. The number of carbonyl (C=O) groups excluding carboxylic acids is 1. The minimum atomic E-state index is 0.104. The van der Waals surface area contributed by atoms with Crippen LogP contribution >= 0.6 is 68.7 Å². The van der Waals surface area contributed by atoms with Gasteiger partial charge in [-0.15, -0.1) is 11.8 Å². The number of ketones is 1. The van der Waals surface area contributed by atoms with Gasteiger partial charge >= 0.3 is 0 Å². The molecule has 8 atom stereocenters. The second-order valence-corrected chi connectivity index (χ2v) is 12.5. The summed E-state index contributed by atoms with van der Waals surface area (Å²) in [5.41, 5.74) is 0.854. The molecule has 8 unspecified atom stereocenters. The van der Waals surface area contributed by atoms with Crippen molar-refractivity contribution in [3.05, 3.63) is 24.8 Å². The largest absolute Gasteiger partial charge is 0.488 e. The molecular weight excluding hydrogens is 554 g/mol. The molecule has 5 aliphatic rings. The van der Waals surface area contributed by atoms with E-state index in [0.29, 0.717) is 16.3 Å². The molecule has 0 spiro atoms. The van der Waals surface area contributed by atoms with E-state index < -0.39 is 0 Å². The number of thioether (sulfide) groups is 2. The summed E-state index contributed by atoms with van der Waals surface area (Å²) in [4.78, 5) is 13.3. The quantitative estimate of drug-likeness (QED) is 0.432. The summed E-state index contributed by atoms with van der Waals surface area (Å²) < 4.78 is 8.69. The second-order valence-electron chi connectivity index (χ2n) is 7.24. The van der Waals surface area contributed by atoms with Gasteiger partial charge in [0.25, 0.3) is 0 Å². The zero-order valence-corrected chi connectivity index (χ0v) is 18.0. The Kier molecular flexibility index (Phi) is 3.23. The number of carbonyl (C=O) groups is 1. The Bertz CT molecular complexity index is 754. The first-order valence-corrected chi connectivity index (χ1v) is 12.2. The molecule has 6 rings (SSSR count). The Balaban J connectivity index is 1.47. The third kappa shape index (κ3) is 1.82. The molecule has 5 aliphatic heterocycles. The normalized spacial score (nSPS) is 48.2. The van der Waals surface area contributed by atoms with Crippen LogP contribution in [-0.4, -0.2) is 32.9 Å². The summed E-state index contributed by atoms with van der Waals surface area (Å²) in [5.74, 6) is 2.88. The Morgan fingerprint density at radius 3 is 2.57 bits per heavy atom. The van der Waals surface area contributed by atoms with Crippen molar-refractivity contribution >= 4 is 74.5 Å². The van der Waals surface area contributed by atoms with Gasteiger partial charge in [0.1, 0.15) is 11.9 Å². The molecule has 1 aromatic carbocycles. The maximum absolute atomic E-state index is 13.3. The van der Waals surface area contributed by atoms with Crippen molar-refractivity contribution in [2.45, 2.75) is 39.9 Å². The molecule has 6 heteroatoms. The van der Waals surface area contributed by atoms with Crippen molar-refractivity contribution in [2.75, 3.05) is 0 Å². The van der Waals surface area contributed by atoms with Gasteiger partial charge in [-0.25, -0.2) is 0 Å². The topological polar surface area (TPSA) is 26.3 Å². The number of Topliss-reactive ketones (excluding diaryl/α,β-unsaturated/α-hetero) is 1. The van der Waals surface area contributed by atoms with Crippen molar-refractivity contribution in [2.24, 2.45) is 17.8 Å². The minimum absolute atomic E-state index is 0.104. The molecule has 0 amide bonds. The Morgan fingerprint density at radius 2 is 1.78 bits per heavy atom. The molecule has 0 radical (unpaired) electrons. The molecule has 2 nitrogen and oxygen atoms in total. The molecule has 0 aromatic heterocycles. The standard InChI is InChI=1S/C17H14I2O2S2/c18-5-3-6(19)10-7(4-5)21-15-13(14(10)20)16-11-8-1-2-9(22-8)12(11)17(15)23-16/h3-4,8-9,11-13,15-17H,1-2H2. The average Bonchev–Trinajstić information content (AvgIpc) is 3.24.